The fourth-order valence-corrected chi connectivity index (χ4v) is 4.33. The summed E-state index contributed by atoms with van der Waals surface area (Å²) >= 11 is 0. The van der Waals surface area contributed by atoms with Crippen LogP contribution in [-0.4, -0.2) is 29.0 Å². The van der Waals surface area contributed by atoms with Crippen LogP contribution in [0.3, 0.4) is 0 Å². The van der Waals surface area contributed by atoms with Gasteiger partial charge in [-0.25, -0.2) is 18.4 Å². The number of hydrogen-bond donors (Lipinski definition) is 0. The Kier molecular flexibility index (Phi) is 4.18. The molecule has 0 spiro atoms. The standard InChI is InChI=1S/C24H19N3O2S/c1-16-6-5-7-18(14-16)23-15-21(17-10-12-19(13-11-17)30(2,28)29)26-24-25-20-8-3-4-9-22(20)27(23)24/h3-15H,1-2H3. The van der Waals surface area contributed by atoms with E-state index in [1.165, 1.54) is 11.8 Å². The fourth-order valence-electron chi connectivity index (χ4n) is 3.70. The smallest absolute Gasteiger partial charge is 0.235 e. The molecule has 0 bridgehead atoms. The van der Waals surface area contributed by atoms with Crippen LogP contribution in [0, 0.1) is 6.92 Å². The van der Waals surface area contributed by atoms with Gasteiger partial charge in [0.15, 0.2) is 9.84 Å². The number of imidazole rings is 1. The minimum Gasteiger partial charge on any atom is -0.276 e. The highest BCUT2D eigenvalue weighted by Gasteiger charge is 2.15. The number of sulfone groups is 1. The Morgan fingerprint density at radius 1 is 0.800 bits per heavy atom. The quantitative estimate of drug-likeness (QED) is 0.421. The number of fused-ring (bicyclic) bond motifs is 3. The molecule has 5 nitrogen and oxygen atoms in total. The average Bonchev–Trinajstić information content (AvgIpc) is 3.11. The van der Waals surface area contributed by atoms with E-state index in [2.05, 4.69) is 29.5 Å². The van der Waals surface area contributed by atoms with Gasteiger partial charge < -0.3 is 0 Å². The maximum absolute atomic E-state index is 11.8. The predicted octanol–water partition coefficient (Wildman–Crippen LogP) is 4.93. The zero-order valence-corrected chi connectivity index (χ0v) is 17.4. The van der Waals surface area contributed by atoms with Crippen LogP contribution in [0.1, 0.15) is 5.56 Å². The topological polar surface area (TPSA) is 64.3 Å². The van der Waals surface area contributed by atoms with E-state index in [1.54, 1.807) is 24.3 Å². The molecule has 0 saturated carbocycles. The van der Waals surface area contributed by atoms with Gasteiger partial charge >= 0.3 is 0 Å². The van der Waals surface area contributed by atoms with Crippen molar-refractivity contribution in [3.8, 4) is 22.5 Å². The summed E-state index contributed by atoms with van der Waals surface area (Å²) < 4.78 is 25.7. The van der Waals surface area contributed by atoms with E-state index in [0.29, 0.717) is 5.78 Å². The van der Waals surface area contributed by atoms with Crippen molar-refractivity contribution in [1.82, 2.24) is 14.4 Å². The van der Waals surface area contributed by atoms with Gasteiger partial charge in [-0.05, 0) is 48.9 Å². The van der Waals surface area contributed by atoms with Gasteiger partial charge in [-0.15, -0.1) is 0 Å². The summed E-state index contributed by atoms with van der Waals surface area (Å²) in [6.07, 6.45) is 1.21. The first-order valence-electron chi connectivity index (χ1n) is 9.56. The number of rotatable bonds is 3. The summed E-state index contributed by atoms with van der Waals surface area (Å²) in [6, 6.07) is 25.1. The summed E-state index contributed by atoms with van der Waals surface area (Å²) in [7, 11) is -3.25. The molecular weight excluding hydrogens is 394 g/mol. The SMILES string of the molecule is Cc1cccc(-c2cc(-c3ccc(S(C)(=O)=O)cc3)nc3nc4ccccc4n23)c1. The molecule has 0 unspecified atom stereocenters. The Hall–Kier alpha value is -3.51. The molecule has 0 atom stereocenters. The van der Waals surface area contributed by atoms with Crippen molar-refractivity contribution in [3.63, 3.8) is 0 Å². The lowest BCUT2D eigenvalue weighted by molar-refractivity contribution is 0.602. The van der Waals surface area contributed by atoms with Crippen molar-refractivity contribution in [2.75, 3.05) is 6.26 Å². The Labute approximate surface area is 174 Å². The Morgan fingerprint density at radius 3 is 2.30 bits per heavy atom. The van der Waals surface area contributed by atoms with Gasteiger partial charge in [0.2, 0.25) is 5.78 Å². The van der Waals surface area contributed by atoms with Crippen molar-refractivity contribution in [3.05, 3.63) is 84.4 Å². The molecule has 0 saturated heterocycles. The third-order valence-corrected chi connectivity index (χ3v) is 6.30. The summed E-state index contributed by atoms with van der Waals surface area (Å²) in [5.41, 5.74) is 6.68. The molecule has 3 aromatic carbocycles. The molecule has 0 amide bonds. The molecular formula is C24H19N3O2S. The first-order valence-corrected chi connectivity index (χ1v) is 11.4. The predicted molar refractivity (Wildman–Crippen MR) is 119 cm³/mol. The molecule has 5 rings (SSSR count). The zero-order chi connectivity index (χ0) is 20.9. The zero-order valence-electron chi connectivity index (χ0n) is 16.6. The van der Waals surface area contributed by atoms with E-state index in [0.717, 1.165) is 33.5 Å². The maximum Gasteiger partial charge on any atom is 0.235 e. The normalized spacial score (nSPS) is 11.9. The molecule has 5 aromatic rings. The summed E-state index contributed by atoms with van der Waals surface area (Å²) in [5.74, 6) is 0.609. The van der Waals surface area contributed by atoms with E-state index in [4.69, 9.17) is 9.97 Å². The van der Waals surface area contributed by atoms with Crippen LogP contribution in [0.2, 0.25) is 0 Å². The maximum atomic E-state index is 11.8. The minimum atomic E-state index is -3.25. The highest BCUT2D eigenvalue weighted by Crippen LogP contribution is 2.30. The molecule has 0 N–H and O–H groups in total. The van der Waals surface area contributed by atoms with Crippen LogP contribution in [0.5, 0.6) is 0 Å². The van der Waals surface area contributed by atoms with Gasteiger partial charge in [-0.3, -0.25) is 4.40 Å². The van der Waals surface area contributed by atoms with Crippen LogP contribution in [0.4, 0.5) is 0 Å². The molecule has 2 aromatic heterocycles. The molecule has 2 heterocycles. The van der Waals surface area contributed by atoms with Crippen molar-refractivity contribution in [2.24, 2.45) is 0 Å². The lowest BCUT2D eigenvalue weighted by Crippen LogP contribution is -1.99. The molecule has 0 radical (unpaired) electrons. The third-order valence-electron chi connectivity index (χ3n) is 5.17. The van der Waals surface area contributed by atoms with Crippen LogP contribution in [0.15, 0.2) is 83.8 Å². The number of aryl methyl sites for hydroxylation is 1. The second-order valence-corrected chi connectivity index (χ2v) is 9.44. The lowest BCUT2D eigenvalue weighted by Gasteiger charge is -2.11. The van der Waals surface area contributed by atoms with E-state index in [1.807, 2.05) is 36.4 Å². The second kappa shape index (κ2) is 6.78. The fraction of sp³-hybridized carbons (Fsp3) is 0.0833. The second-order valence-electron chi connectivity index (χ2n) is 7.43. The van der Waals surface area contributed by atoms with Crippen molar-refractivity contribution in [2.45, 2.75) is 11.8 Å². The molecule has 0 aliphatic carbocycles. The van der Waals surface area contributed by atoms with Gasteiger partial charge in [0, 0.05) is 11.8 Å². The van der Waals surface area contributed by atoms with E-state index in [9.17, 15) is 8.42 Å². The molecule has 148 valence electrons. The molecule has 0 aliphatic rings. The monoisotopic (exact) mass is 413 g/mol. The number of aromatic nitrogens is 3. The molecule has 0 aliphatic heterocycles. The summed E-state index contributed by atoms with van der Waals surface area (Å²) in [6.45, 7) is 2.07. The number of nitrogens with zero attached hydrogens (tertiary/aromatic N) is 3. The van der Waals surface area contributed by atoms with E-state index in [-0.39, 0.29) is 4.90 Å². The van der Waals surface area contributed by atoms with Crippen LogP contribution in [0.25, 0.3) is 39.3 Å². The first kappa shape index (κ1) is 18.5. The van der Waals surface area contributed by atoms with E-state index >= 15 is 0 Å². The molecule has 0 fully saturated rings. The van der Waals surface area contributed by atoms with Crippen molar-refractivity contribution in [1.29, 1.82) is 0 Å². The number of para-hydroxylation sites is 2. The van der Waals surface area contributed by atoms with Gasteiger partial charge in [-0.1, -0.05) is 48.0 Å². The van der Waals surface area contributed by atoms with Gasteiger partial charge in [-0.2, -0.15) is 0 Å². The average molecular weight is 414 g/mol. The summed E-state index contributed by atoms with van der Waals surface area (Å²) in [4.78, 5) is 9.80. The lowest BCUT2D eigenvalue weighted by atomic mass is 10.1. The van der Waals surface area contributed by atoms with Crippen LogP contribution in [-0.2, 0) is 9.84 Å². The number of hydrogen-bond acceptors (Lipinski definition) is 4. The minimum absolute atomic E-state index is 0.290. The van der Waals surface area contributed by atoms with Crippen LogP contribution < -0.4 is 0 Å². The first-order chi connectivity index (χ1) is 14.4. The van der Waals surface area contributed by atoms with Crippen molar-refractivity contribution < 1.29 is 8.42 Å². The van der Waals surface area contributed by atoms with Crippen molar-refractivity contribution >= 4 is 26.6 Å². The van der Waals surface area contributed by atoms with Gasteiger partial charge in [0.25, 0.3) is 0 Å². The Balaban J connectivity index is 1.79. The highest BCUT2D eigenvalue weighted by atomic mass is 32.2. The van der Waals surface area contributed by atoms with Gasteiger partial charge in [0.1, 0.15) is 0 Å². The van der Waals surface area contributed by atoms with E-state index < -0.39 is 9.84 Å². The Bertz CT molecular complexity index is 1520. The third kappa shape index (κ3) is 3.15. The Morgan fingerprint density at radius 2 is 1.57 bits per heavy atom. The molecule has 30 heavy (non-hydrogen) atoms. The molecule has 6 heteroatoms. The highest BCUT2D eigenvalue weighted by molar-refractivity contribution is 7.90. The van der Waals surface area contributed by atoms with Gasteiger partial charge in [0.05, 0.1) is 27.3 Å². The summed E-state index contributed by atoms with van der Waals surface area (Å²) in [5, 5.41) is 0. The largest absolute Gasteiger partial charge is 0.276 e. The number of benzene rings is 3. The van der Waals surface area contributed by atoms with Crippen LogP contribution >= 0.6 is 0 Å².